The average Bonchev–Trinajstić information content (AvgIpc) is 3.09. The summed E-state index contributed by atoms with van der Waals surface area (Å²) in [6, 6.07) is 17.6. The van der Waals surface area contributed by atoms with Gasteiger partial charge in [0, 0.05) is 6.07 Å². The number of aromatic nitrogens is 3. The van der Waals surface area contributed by atoms with Gasteiger partial charge in [-0.05, 0) is 24.6 Å². The molecule has 0 aliphatic heterocycles. The lowest BCUT2D eigenvalue weighted by molar-refractivity contribution is -0.140. The largest absolute Gasteiger partial charge is 0.433 e. The SMILES string of the molecule is Cc1nc2c(-c3ccccc3)c(C(F)(F)F)[nH]n2c(=O)c1C(=O)Nc1cc#ccc1. The summed E-state index contributed by atoms with van der Waals surface area (Å²) in [5.74, 6) is -0.789. The van der Waals surface area contributed by atoms with Crippen molar-refractivity contribution in [2.75, 3.05) is 5.32 Å². The van der Waals surface area contributed by atoms with E-state index in [4.69, 9.17) is 0 Å². The van der Waals surface area contributed by atoms with Crippen molar-refractivity contribution in [3.63, 3.8) is 0 Å². The zero-order valence-corrected chi connectivity index (χ0v) is 15.5. The van der Waals surface area contributed by atoms with Crippen LogP contribution >= 0.6 is 0 Å². The van der Waals surface area contributed by atoms with Crippen LogP contribution in [0, 0.1) is 19.1 Å². The summed E-state index contributed by atoms with van der Waals surface area (Å²) >= 11 is 0. The highest BCUT2D eigenvalue weighted by Crippen LogP contribution is 2.38. The number of nitrogens with zero attached hydrogens (tertiary/aromatic N) is 2. The number of anilines is 1. The third-order valence-electron chi connectivity index (χ3n) is 4.45. The molecule has 0 aliphatic rings. The molecular weight excluding hydrogens is 397 g/mol. The van der Waals surface area contributed by atoms with E-state index < -0.39 is 23.3 Å². The predicted molar refractivity (Wildman–Crippen MR) is 103 cm³/mol. The summed E-state index contributed by atoms with van der Waals surface area (Å²) in [7, 11) is 0. The van der Waals surface area contributed by atoms with Crippen molar-refractivity contribution < 1.29 is 18.0 Å². The van der Waals surface area contributed by atoms with Crippen molar-refractivity contribution in [2.24, 2.45) is 0 Å². The van der Waals surface area contributed by atoms with Gasteiger partial charge in [-0.1, -0.05) is 42.5 Å². The van der Waals surface area contributed by atoms with Crippen LogP contribution in [0.2, 0.25) is 0 Å². The van der Waals surface area contributed by atoms with Gasteiger partial charge in [0.2, 0.25) is 0 Å². The van der Waals surface area contributed by atoms with Gasteiger partial charge in [0.25, 0.3) is 11.5 Å². The van der Waals surface area contributed by atoms with Crippen LogP contribution in [0.15, 0.2) is 53.3 Å². The summed E-state index contributed by atoms with van der Waals surface area (Å²) < 4.78 is 41.7. The first-order valence-corrected chi connectivity index (χ1v) is 8.74. The van der Waals surface area contributed by atoms with Crippen LogP contribution < -0.4 is 10.9 Å². The highest BCUT2D eigenvalue weighted by atomic mass is 19.4. The lowest BCUT2D eigenvalue weighted by atomic mass is 10.1. The topological polar surface area (TPSA) is 79.3 Å². The Bertz CT molecular complexity index is 1290. The summed E-state index contributed by atoms with van der Waals surface area (Å²) in [5.41, 5.74) is -2.29. The molecule has 0 unspecified atom stereocenters. The number of H-pyrrole nitrogens is 1. The van der Waals surface area contributed by atoms with E-state index in [0.29, 0.717) is 10.2 Å². The maximum atomic E-state index is 13.7. The minimum absolute atomic E-state index is 0.00822. The third kappa shape index (κ3) is 3.28. The van der Waals surface area contributed by atoms with Gasteiger partial charge >= 0.3 is 6.18 Å². The molecule has 2 aromatic carbocycles. The van der Waals surface area contributed by atoms with E-state index in [2.05, 4.69) is 27.5 Å². The molecule has 6 nitrogen and oxygen atoms in total. The Balaban J connectivity index is 1.93. The van der Waals surface area contributed by atoms with Crippen LogP contribution in [-0.2, 0) is 6.18 Å². The summed E-state index contributed by atoms with van der Waals surface area (Å²) in [6.07, 6.45) is -4.77. The van der Waals surface area contributed by atoms with Crippen LogP contribution in [0.4, 0.5) is 18.9 Å². The van der Waals surface area contributed by atoms with Crippen LogP contribution in [0.5, 0.6) is 0 Å². The fourth-order valence-electron chi connectivity index (χ4n) is 3.14. The van der Waals surface area contributed by atoms with Crippen molar-refractivity contribution in [2.45, 2.75) is 13.1 Å². The lowest BCUT2D eigenvalue weighted by Gasteiger charge is -2.08. The van der Waals surface area contributed by atoms with Crippen molar-refractivity contribution in [1.82, 2.24) is 14.6 Å². The van der Waals surface area contributed by atoms with Gasteiger partial charge in [-0.2, -0.15) is 17.7 Å². The van der Waals surface area contributed by atoms with Gasteiger partial charge in [-0.3, -0.25) is 14.7 Å². The van der Waals surface area contributed by atoms with Gasteiger partial charge in [-0.25, -0.2) is 4.98 Å². The van der Waals surface area contributed by atoms with Crippen molar-refractivity contribution in [3.8, 4) is 11.1 Å². The number of amides is 1. The molecule has 2 aromatic heterocycles. The molecular formula is C21H13F3N4O2. The number of carbonyl (C=O) groups excluding carboxylic acids is 1. The number of halogens is 3. The number of alkyl halides is 3. The molecule has 4 aromatic rings. The number of benzene rings is 1. The molecule has 2 heterocycles. The van der Waals surface area contributed by atoms with Gasteiger partial charge in [0.1, 0.15) is 11.3 Å². The molecule has 0 aliphatic carbocycles. The zero-order valence-electron chi connectivity index (χ0n) is 15.5. The highest BCUT2D eigenvalue weighted by molar-refractivity contribution is 6.05. The van der Waals surface area contributed by atoms with Gasteiger partial charge in [0.15, 0.2) is 5.65 Å². The summed E-state index contributed by atoms with van der Waals surface area (Å²) in [6.45, 7) is 1.40. The van der Waals surface area contributed by atoms with Crippen molar-refractivity contribution in [3.05, 3.63) is 88.0 Å². The second-order valence-electron chi connectivity index (χ2n) is 6.44. The normalized spacial score (nSPS) is 11.3. The molecule has 2 N–H and O–H groups in total. The lowest BCUT2D eigenvalue weighted by Crippen LogP contribution is -2.29. The Hall–Kier alpha value is -4.06. The number of hydrogen-bond donors (Lipinski definition) is 2. The Morgan fingerprint density at radius 1 is 1.17 bits per heavy atom. The number of nitrogens with one attached hydrogen (secondary N) is 2. The van der Waals surface area contributed by atoms with E-state index in [0.717, 1.165) is 0 Å². The molecule has 0 saturated carbocycles. The van der Waals surface area contributed by atoms with E-state index >= 15 is 0 Å². The van der Waals surface area contributed by atoms with E-state index in [1.54, 1.807) is 18.2 Å². The minimum atomic E-state index is -4.77. The zero-order chi connectivity index (χ0) is 21.5. The monoisotopic (exact) mass is 410 g/mol. The fourth-order valence-corrected chi connectivity index (χ4v) is 3.14. The van der Waals surface area contributed by atoms with Gasteiger partial charge in [-0.15, -0.1) is 0 Å². The van der Waals surface area contributed by atoms with Crippen LogP contribution in [0.25, 0.3) is 16.8 Å². The maximum Gasteiger partial charge on any atom is 0.433 e. The number of rotatable bonds is 3. The molecule has 9 heteroatoms. The van der Waals surface area contributed by atoms with E-state index in [1.165, 1.54) is 37.3 Å². The predicted octanol–water partition coefficient (Wildman–Crippen LogP) is 3.87. The molecule has 30 heavy (non-hydrogen) atoms. The number of fused-ring (bicyclic) bond motifs is 1. The first-order valence-electron chi connectivity index (χ1n) is 8.74. The number of aryl methyl sites for hydroxylation is 1. The Kier molecular flexibility index (Phi) is 4.54. The molecule has 150 valence electrons. The fraction of sp³-hybridized carbons (Fsp3) is 0.0952. The van der Waals surface area contributed by atoms with Crippen molar-refractivity contribution in [1.29, 1.82) is 0 Å². The summed E-state index contributed by atoms with van der Waals surface area (Å²) in [4.78, 5) is 29.8. The quantitative estimate of drug-likeness (QED) is 0.538. The van der Waals surface area contributed by atoms with Crippen LogP contribution in [-0.4, -0.2) is 20.5 Å². The molecule has 0 radical (unpaired) electrons. The Morgan fingerprint density at radius 3 is 2.53 bits per heavy atom. The number of carbonyl (C=O) groups is 1. The molecule has 0 atom stereocenters. The summed E-state index contributed by atoms with van der Waals surface area (Å²) in [5, 5.41) is 4.59. The number of aromatic amines is 1. The van der Waals surface area contributed by atoms with Crippen LogP contribution in [0.1, 0.15) is 21.7 Å². The molecule has 1 amide bonds. The molecule has 0 bridgehead atoms. The Labute approximate surface area is 168 Å². The first kappa shape index (κ1) is 19.3. The average molecular weight is 410 g/mol. The smallest absolute Gasteiger partial charge is 0.321 e. The second kappa shape index (κ2) is 7.08. The van der Waals surface area contributed by atoms with Gasteiger partial charge < -0.3 is 5.32 Å². The van der Waals surface area contributed by atoms with Gasteiger partial charge in [0.05, 0.1) is 16.9 Å². The third-order valence-corrected chi connectivity index (χ3v) is 4.45. The van der Waals surface area contributed by atoms with E-state index in [9.17, 15) is 22.8 Å². The van der Waals surface area contributed by atoms with Crippen molar-refractivity contribution >= 4 is 17.2 Å². The second-order valence-corrected chi connectivity index (χ2v) is 6.44. The molecule has 0 saturated heterocycles. The highest BCUT2D eigenvalue weighted by Gasteiger charge is 2.38. The minimum Gasteiger partial charge on any atom is -0.321 e. The van der Waals surface area contributed by atoms with E-state index in [-0.39, 0.29) is 28.0 Å². The van der Waals surface area contributed by atoms with Crippen LogP contribution in [0.3, 0.4) is 0 Å². The molecule has 4 rings (SSSR count). The number of hydrogen-bond acceptors (Lipinski definition) is 3. The molecule has 0 spiro atoms. The first-order chi connectivity index (χ1) is 14.3. The van der Waals surface area contributed by atoms with E-state index in [1.807, 2.05) is 0 Å². The Morgan fingerprint density at radius 2 is 1.90 bits per heavy atom. The molecule has 0 fully saturated rings. The standard InChI is InChI=1S/C21H13F3N4O2/c1-12-15(19(29)26-14-10-6-3-7-11-14)20(30)28-18(25-12)16(13-8-4-2-5-9-13)17(27-28)21(22,23)24/h2,4-6,8-11,27H,1H3,(H,26,29). The maximum absolute atomic E-state index is 13.7.